The molecule has 4 N–H and O–H groups in total. The fraction of sp³-hybridized carbons (Fsp3) is 0.429. The van der Waals surface area contributed by atoms with Crippen molar-refractivity contribution < 1.29 is 9.59 Å². The van der Waals surface area contributed by atoms with Crippen LogP contribution in [0.5, 0.6) is 0 Å². The quantitative estimate of drug-likeness (QED) is 0.573. The van der Waals surface area contributed by atoms with E-state index < -0.39 is 5.91 Å². The minimum atomic E-state index is -0.539. The van der Waals surface area contributed by atoms with Crippen LogP contribution < -0.4 is 16.4 Å². The van der Waals surface area contributed by atoms with E-state index in [9.17, 15) is 9.59 Å². The highest BCUT2D eigenvalue weighted by Gasteiger charge is 2.18. The van der Waals surface area contributed by atoms with E-state index in [1.807, 2.05) is 0 Å². The molecule has 0 fully saturated rings. The zero-order valence-electron chi connectivity index (χ0n) is 16.2. The fourth-order valence-corrected chi connectivity index (χ4v) is 3.79. The van der Waals surface area contributed by atoms with Gasteiger partial charge in [-0.05, 0) is 41.3 Å². The largest absolute Gasteiger partial charge is 0.366 e. The van der Waals surface area contributed by atoms with Gasteiger partial charge in [0.05, 0.1) is 12.1 Å². The molecule has 0 saturated heterocycles. The third-order valence-electron chi connectivity index (χ3n) is 4.49. The molecular formula is C21H29N3O2S. The predicted octanol–water partition coefficient (Wildman–Crippen LogP) is 4.12. The van der Waals surface area contributed by atoms with Crippen LogP contribution in [0.4, 0.5) is 5.00 Å². The number of benzene rings is 1. The zero-order valence-corrected chi connectivity index (χ0v) is 17.1. The topological polar surface area (TPSA) is 84.2 Å². The molecule has 5 nitrogen and oxygen atoms in total. The van der Waals surface area contributed by atoms with Gasteiger partial charge >= 0.3 is 0 Å². The van der Waals surface area contributed by atoms with Gasteiger partial charge in [-0.2, -0.15) is 0 Å². The molecule has 2 rings (SSSR count). The normalized spacial score (nSPS) is 12.1. The van der Waals surface area contributed by atoms with Gasteiger partial charge in [-0.3, -0.25) is 9.59 Å². The van der Waals surface area contributed by atoms with Crippen LogP contribution in [0.1, 0.15) is 61.1 Å². The van der Waals surface area contributed by atoms with Crippen molar-refractivity contribution in [3.63, 3.8) is 0 Å². The van der Waals surface area contributed by atoms with Crippen molar-refractivity contribution in [2.24, 2.45) is 11.7 Å². The number of aryl methyl sites for hydroxylation is 1. The maximum Gasteiger partial charge on any atom is 0.251 e. The predicted molar refractivity (Wildman–Crippen MR) is 112 cm³/mol. The molecule has 1 atom stereocenters. The molecule has 146 valence electrons. The highest BCUT2D eigenvalue weighted by Crippen LogP contribution is 2.24. The van der Waals surface area contributed by atoms with Gasteiger partial charge in [0.25, 0.3) is 5.91 Å². The third-order valence-corrected chi connectivity index (χ3v) is 5.32. The second kappa shape index (κ2) is 10.2. The number of amides is 2. The van der Waals surface area contributed by atoms with Gasteiger partial charge in [-0.25, -0.2) is 0 Å². The van der Waals surface area contributed by atoms with E-state index >= 15 is 0 Å². The molecule has 0 radical (unpaired) electrons. The molecule has 0 aliphatic carbocycles. The molecule has 1 heterocycles. The third kappa shape index (κ3) is 6.19. The van der Waals surface area contributed by atoms with Crippen molar-refractivity contribution in [3.8, 4) is 0 Å². The van der Waals surface area contributed by atoms with E-state index in [0.29, 0.717) is 16.5 Å². The first-order chi connectivity index (χ1) is 12.9. The molecule has 0 aliphatic heterocycles. The number of carbonyl (C=O) groups is 2. The van der Waals surface area contributed by atoms with E-state index in [2.05, 4.69) is 55.7 Å². The van der Waals surface area contributed by atoms with Crippen LogP contribution in [0.25, 0.3) is 0 Å². The van der Waals surface area contributed by atoms with Crippen molar-refractivity contribution in [2.75, 3.05) is 11.9 Å². The van der Waals surface area contributed by atoms with Crippen molar-refractivity contribution in [2.45, 2.75) is 46.1 Å². The average Bonchev–Trinajstić information content (AvgIpc) is 3.09. The van der Waals surface area contributed by atoms with Crippen LogP contribution in [0.15, 0.2) is 35.7 Å². The lowest BCUT2D eigenvalue weighted by molar-refractivity contribution is -0.115. The Morgan fingerprint density at radius 2 is 1.85 bits per heavy atom. The monoisotopic (exact) mass is 387 g/mol. The summed E-state index contributed by atoms with van der Waals surface area (Å²) in [6, 6.07) is 10.3. The van der Waals surface area contributed by atoms with Gasteiger partial charge in [0, 0.05) is 6.04 Å². The first kappa shape index (κ1) is 21.1. The smallest absolute Gasteiger partial charge is 0.251 e. The Morgan fingerprint density at radius 3 is 2.44 bits per heavy atom. The second-order valence-electron chi connectivity index (χ2n) is 7.02. The molecule has 1 aromatic carbocycles. The van der Waals surface area contributed by atoms with Gasteiger partial charge in [0.1, 0.15) is 5.00 Å². The maximum atomic E-state index is 12.3. The van der Waals surface area contributed by atoms with Crippen molar-refractivity contribution in [1.29, 1.82) is 0 Å². The van der Waals surface area contributed by atoms with Gasteiger partial charge in [0.15, 0.2) is 0 Å². The van der Waals surface area contributed by atoms with Crippen LogP contribution in [-0.4, -0.2) is 18.4 Å². The highest BCUT2D eigenvalue weighted by molar-refractivity contribution is 7.14. The Kier molecular flexibility index (Phi) is 8.00. The standard InChI is InChI=1S/C21H29N3O2S/c1-4-5-6-15-7-9-16(10-8-15)19(14(2)3)23-13-18(25)24-21-17(20(22)26)11-12-27-21/h7-12,14,19,23H,4-6,13H2,1-3H3,(H2,22,26)(H,24,25)/t19-/m1/s1. The lowest BCUT2D eigenvalue weighted by Crippen LogP contribution is -2.33. The minimum absolute atomic E-state index is 0.0786. The molecule has 0 saturated carbocycles. The number of carbonyl (C=O) groups excluding carboxylic acids is 2. The number of nitrogens with two attached hydrogens (primary N) is 1. The molecule has 0 bridgehead atoms. The Bertz CT molecular complexity index is 753. The molecule has 0 aliphatic rings. The lowest BCUT2D eigenvalue weighted by atomic mass is 9.94. The van der Waals surface area contributed by atoms with Gasteiger partial charge in [-0.1, -0.05) is 51.5 Å². The summed E-state index contributed by atoms with van der Waals surface area (Å²) in [6.07, 6.45) is 3.48. The number of thiophene rings is 1. The molecular weight excluding hydrogens is 358 g/mol. The van der Waals surface area contributed by atoms with E-state index in [4.69, 9.17) is 5.73 Å². The molecule has 0 unspecified atom stereocenters. The number of anilines is 1. The lowest BCUT2D eigenvalue weighted by Gasteiger charge is -2.23. The summed E-state index contributed by atoms with van der Waals surface area (Å²) in [7, 11) is 0. The van der Waals surface area contributed by atoms with Crippen LogP contribution >= 0.6 is 11.3 Å². The maximum absolute atomic E-state index is 12.3. The molecule has 27 heavy (non-hydrogen) atoms. The van der Waals surface area contributed by atoms with Gasteiger partial charge in [0.2, 0.25) is 5.91 Å². The van der Waals surface area contributed by atoms with Crippen LogP contribution in [0.3, 0.4) is 0 Å². The average molecular weight is 388 g/mol. The minimum Gasteiger partial charge on any atom is -0.366 e. The van der Waals surface area contributed by atoms with Gasteiger partial charge < -0.3 is 16.4 Å². The number of hydrogen-bond donors (Lipinski definition) is 3. The SMILES string of the molecule is CCCCc1ccc([C@H](NCC(=O)Nc2sccc2C(N)=O)C(C)C)cc1. The number of nitrogens with one attached hydrogen (secondary N) is 2. The summed E-state index contributed by atoms with van der Waals surface area (Å²) >= 11 is 1.29. The highest BCUT2D eigenvalue weighted by atomic mass is 32.1. The fourth-order valence-electron chi connectivity index (χ4n) is 2.98. The summed E-state index contributed by atoms with van der Waals surface area (Å²) in [6.45, 7) is 6.62. The summed E-state index contributed by atoms with van der Waals surface area (Å²) in [5, 5.41) is 8.33. The zero-order chi connectivity index (χ0) is 19.8. The van der Waals surface area contributed by atoms with Crippen LogP contribution in [0, 0.1) is 5.92 Å². The molecule has 2 aromatic rings. The molecule has 1 aromatic heterocycles. The number of unbranched alkanes of at least 4 members (excludes halogenated alkanes) is 1. The number of primary amides is 1. The summed E-state index contributed by atoms with van der Waals surface area (Å²) in [5.41, 5.74) is 8.18. The van der Waals surface area contributed by atoms with E-state index in [-0.39, 0.29) is 18.5 Å². The molecule has 6 heteroatoms. The van der Waals surface area contributed by atoms with Crippen molar-refractivity contribution >= 4 is 28.2 Å². The van der Waals surface area contributed by atoms with E-state index in [1.54, 1.807) is 11.4 Å². The van der Waals surface area contributed by atoms with Gasteiger partial charge in [-0.15, -0.1) is 11.3 Å². The van der Waals surface area contributed by atoms with E-state index in [1.165, 1.54) is 35.3 Å². The summed E-state index contributed by atoms with van der Waals surface area (Å²) in [4.78, 5) is 23.7. The Balaban J connectivity index is 1.96. The summed E-state index contributed by atoms with van der Waals surface area (Å²) in [5.74, 6) is -0.393. The van der Waals surface area contributed by atoms with Crippen molar-refractivity contribution in [3.05, 3.63) is 52.4 Å². The first-order valence-corrected chi connectivity index (χ1v) is 10.3. The first-order valence-electron chi connectivity index (χ1n) is 9.41. The van der Waals surface area contributed by atoms with Crippen molar-refractivity contribution in [1.82, 2.24) is 5.32 Å². The Morgan fingerprint density at radius 1 is 1.15 bits per heavy atom. The van der Waals surface area contributed by atoms with E-state index in [0.717, 1.165) is 6.42 Å². The molecule has 2 amide bonds. The van der Waals surface area contributed by atoms with Crippen LogP contribution in [-0.2, 0) is 11.2 Å². The molecule has 0 spiro atoms. The second-order valence-corrected chi connectivity index (χ2v) is 7.94. The number of hydrogen-bond acceptors (Lipinski definition) is 4. The Hall–Kier alpha value is -2.18. The number of rotatable bonds is 10. The Labute approximate surface area is 165 Å². The van der Waals surface area contributed by atoms with Crippen LogP contribution in [0.2, 0.25) is 0 Å². The summed E-state index contributed by atoms with van der Waals surface area (Å²) < 4.78 is 0.